The normalized spacial score (nSPS) is 15.2. The topological polar surface area (TPSA) is 12.0 Å². The summed E-state index contributed by atoms with van der Waals surface area (Å²) in [6.45, 7) is 7.79. The van der Waals surface area contributed by atoms with Crippen LogP contribution in [0.25, 0.3) is 0 Å². The maximum Gasteiger partial charge on any atom is 0.00981 e. The molecule has 0 heterocycles. The molecule has 0 aliphatic rings. The molecule has 0 aromatic carbocycles. The first-order chi connectivity index (χ1) is 5.72. The smallest absolute Gasteiger partial charge is 0.00981 e. The van der Waals surface area contributed by atoms with Gasteiger partial charge in [-0.2, -0.15) is 0 Å². The summed E-state index contributed by atoms with van der Waals surface area (Å²) in [5.74, 6) is 3.40. The average molecular weight is 167 g/mol. The minimum absolute atomic E-state index is 0.618. The molecule has 1 nitrogen and oxygen atoms in total. The van der Waals surface area contributed by atoms with Crippen LogP contribution < -0.4 is 5.32 Å². The Morgan fingerprint density at radius 2 is 2.08 bits per heavy atom. The Balaban J connectivity index is 3.32. The Morgan fingerprint density at radius 1 is 1.42 bits per heavy atom. The standard InChI is InChI=1S/C11H21N/c1-5-7-8-9-12-11(4)10(3)6-2/h1,10-12H,6-9H2,2-4H3. The first-order valence-corrected chi connectivity index (χ1v) is 4.89. The minimum atomic E-state index is 0.618. The molecular formula is C11H21N. The molecule has 2 atom stereocenters. The van der Waals surface area contributed by atoms with E-state index in [2.05, 4.69) is 32.0 Å². The van der Waals surface area contributed by atoms with Crippen molar-refractivity contribution in [2.75, 3.05) is 6.54 Å². The molecule has 0 aliphatic carbocycles. The van der Waals surface area contributed by atoms with E-state index in [-0.39, 0.29) is 0 Å². The number of rotatable bonds is 6. The highest BCUT2D eigenvalue weighted by Crippen LogP contribution is 2.06. The van der Waals surface area contributed by atoms with Gasteiger partial charge in [-0.3, -0.25) is 0 Å². The Morgan fingerprint density at radius 3 is 2.58 bits per heavy atom. The summed E-state index contributed by atoms with van der Waals surface area (Å²) in [6, 6.07) is 0.618. The highest BCUT2D eigenvalue weighted by Gasteiger charge is 2.07. The van der Waals surface area contributed by atoms with E-state index >= 15 is 0 Å². The summed E-state index contributed by atoms with van der Waals surface area (Å²) >= 11 is 0. The van der Waals surface area contributed by atoms with E-state index in [1.165, 1.54) is 6.42 Å². The fourth-order valence-electron chi connectivity index (χ4n) is 1.07. The van der Waals surface area contributed by atoms with Gasteiger partial charge in [0.25, 0.3) is 0 Å². The van der Waals surface area contributed by atoms with Crippen LogP contribution in [0.4, 0.5) is 0 Å². The molecule has 0 spiro atoms. The van der Waals surface area contributed by atoms with Crippen molar-refractivity contribution in [1.82, 2.24) is 5.32 Å². The third kappa shape index (κ3) is 5.21. The summed E-state index contributed by atoms with van der Waals surface area (Å²) < 4.78 is 0. The highest BCUT2D eigenvalue weighted by molar-refractivity contribution is 4.83. The van der Waals surface area contributed by atoms with Gasteiger partial charge in [-0.05, 0) is 25.8 Å². The second-order valence-electron chi connectivity index (χ2n) is 3.44. The van der Waals surface area contributed by atoms with Crippen molar-refractivity contribution < 1.29 is 0 Å². The third-order valence-electron chi connectivity index (χ3n) is 2.46. The summed E-state index contributed by atoms with van der Waals surface area (Å²) in [6.07, 6.45) is 8.38. The number of hydrogen-bond acceptors (Lipinski definition) is 1. The van der Waals surface area contributed by atoms with Crippen LogP contribution in [0.15, 0.2) is 0 Å². The molecule has 0 saturated carbocycles. The van der Waals surface area contributed by atoms with E-state index < -0.39 is 0 Å². The van der Waals surface area contributed by atoms with Gasteiger partial charge < -0.3 is 5.32 Å². The van der Waals surface area contributed by atoms with Crippen molar-refractivity contribution in [1.29, 1.82) is 0 Å². The first kappa shape index (κ1) is 11.5. The van der Waals surface area contributed by atoms with Crippen LogP contribution >= 0.6 is 0 Å². The van der Waals surface area contributed by atoms with Crippen molar-refractivity contribution in [2.24, 2.45) is 5.92 Å². The van der Waals surface area contributed by atoms with Crippen molar-refractivity contribution >= 4 is 0 Å². The van der Waals surface area contributed by atoms with Gasteiger partial charge in [0.05, 0.1) is 0 Å². The monoisotopic (exact) mass is 167 g/mol. The zero-order chi connectivity index (χ0) is 9.40. The van der Waals surface area contributed by atoms with E-state index in [1.54, 1.807) is 0 Å². The van der Waals surface area contributed by atoms with Gasteiger partial charge in [0.2, 0.25) is 0 Å². The van der Waals surface area contributed by atoms with Crippen LogP contribution in [-0.2, 0) is 0 Å². The van der Waals surface area contributed by atoms with Gasteiger partial charge in [-0.25, -0.2) is 0 Å². The van der Waals surface area contributed by atoms with Gasteiger partial charge in [0, 0.05) is 12.5 Å². The van der Waals surface area contributed by atoms with Crippen molar-refractivity contribution in [3.05, 3.63) is 0 Å². The maximum absolute atomic E-state index is 5.15. The molecule has 0 aromatic rings. The fraction of sp³-hybridized carbons (Fsp3) is 0.818. The summed E-state index contributed by atoms with van der Waals surface area (Å²) in [5.41, 5.74) is 0. The van der Waals surface area contributed by atoms with E-state index in [9.17, 15) is 0 Å². The van der Waals surface area contributed by atoms with E-state index in [0.29, 0.717) is 6.04 Å². The number of hydrogen-bond donors (Lipinski definition) is 1. The molecule has 0 bridgehead atoms. The highest BCUT2D eigenvalue weighted by atomic mass is 14.9. The molecule has 1 heteroatoms. The minimum Gasteiger partial charge on any atom is -0.314 e. The number of terminal acetylenes is 1. The lowest BCUT2D eigenvalue weighted by Crippen LogP contribution is -2.32. The molecule has 70 valence electrons. The van der Waals surface area contributed by atoms with Crippen LogP contribution in [0.1, 0.15) is 40.0 Å². The molecule has 0 radical (unpaired) electrons. The second kappa shape index (κ2) is 7.18. The van der Waals surface area contributed by atoms with E-state index in [0.717, 1.165) is 25.3 Å². The van der Waals surface area contributed by atoms with Crippen LogP contribution in [-0.4, -0.2) is 12.6 Å². The fourth-order valence-corrected chi connectivity index (χ4v) is 1.07. The zero-order valence-corrected chi connectivity index (χ0v) is 8.56. The van der Waals surface area contributed by atoms with E-state index in [4.69, 9.17) is 6.42 Å². The third-order valence-corrected chi connectivity index (χ3v) is 2.46. The molecular weight excluding hydrogens is 146 g/mol. The Kier molecular flexibility index (Phi) is 6.90. The molecule has 0 fully saturated rings. The summed E-state index contributed by atoms with van der Waals surface area (Å²) in [5, 5.41) is 3.47. The van der Waals surface area contributed by atoms with Crippen molar-refractivity contribution in [3.8, 4) is 12.3 Å². The van der Waals surface area contributed by atoms with Gasteiger partial charge in [-0.1, -0.05) is 20.3 Å². The van der Waals surface area contributed by atoms with Crippen LogP contribution in [0.5, 0.6) is 0 Å². The van der Waals surface area contributed by atoms with Gasteiger partial charge in [0.15, 0.2) is 0 Å². The molecule has 0 amide bonds. The molecule has 0 aromatic heterocycles. The second-order valence-corrected chi connectivity index (χ2v) is 3.44. The van der Waals surface area contributed by atoms with Crippen molar-refractivity contribution in [3.63, 3.8) is 0 Å². The van der Waals surface area contributed by atoms with Crippen LogP contribution in [0.2, 0.25) is 0 Å². The largest absolute Gasteiger partial charge is 0.314 e. The quantitative estimate of drug-likeness (QED) is 0.473. The lowest BCUT2D eigenvalue weighted by atomic mass is 10.0. The molecule has 1 N–H and O–H groups in total. The Hall–Kier alpha value is -0.480. The SMILES string of the molecule is C#CCCCNC(C)C(C)CC. The number of nitrogens with one attached hydrogen (secondary N) is 1. The molecule has 0 rings (SSSR count). The molecule has 12 heavy (non-hydrogen) atoms. The van der Waals surface area contributed by atoms with Gasteiger partial charge >= 0.3 is 0 Å². The predicted octanol–water partition coefficient (Wildman–Crippen LogP) is 2.42. The number of unbranched alkanes of at least 4 members (excludes halogenated alkanes) is 1. The van der Waals surface area contributed by atoms with Gasteiger partial charge in [-0.15, -0.1) is 12.3 Å². The zero-order valence-electron chi connectivity index (χ0n) is 8.56. The van der Waals surface area contributed by atoms with Gasteiger partial charge in [0.1, 0.15) is 0 Å². The van der Waals surface area contributed by atoms with Crippen molar-refractivity contribution in [2.45, 2.75) is 46.1 Å². The Labute approximate surface area is 76.9 Å². The molecule has 0 aliphatic heterocycles. The first-order valence-electron chi connectivity index (χ1n) is 4.89. The Bertz CT molecular complexity index is 134. The lowest BCUT2D eigenvalue weighted by Gasteiger charge is -2.19. The molecule has 2 unspecified atom stereocenters. The predicted molar refractivity (Wildman–Crippen MR) is 55.0 cm³/mol. The average Bonchev–Trinajstić information content (AvgIpc) is 2.10. The maximum atomic E-state index is 5.15. The summed E-state index contributed by atoms with van der Waals surface area (Å²) in [7, 11) is 0. The summed E-state index contributed by atoms with van der Waals surface area (Å²) in [4.78, 5) is 0. The lowest BCUT2D eigenvalue weighted by molar-refractivity contribution is 0.390. The van der Waals surface area contributed by atoms with Crippen LogP contribution in [0.3, 0.4) is 0 Å². The molecule has 0 saturated heterocycles. The van der Waals surface area contributed by atoms with Crippen LogP contribution in [0, 0.1) is 18.3 Å². The van der Waals surface area contributed by atoms with E-state index in [1.807, 2.05) is 0 Å².